The fourth-order valence-electron chi connectivity index (χ4n) is 10.7. The average Bonchev–Trinajstić information content (AvgIpc) is 3.96. The first-order valence-corrected chi connectivity index (χ1v) is 21.9. The summed E-state index contributed by atoms with van der Waals surface area (Å²) >= 11 is 1.90. The van der Waals surface area contributed by atoms with Crippen LogP contribution >= 0.6 is 11.3 Å². The van der Waals surface area contributed by atoms with Gasteiger partial charge in [-0.1, -0.05) is 131 Å². The fourth-order valence-corrected chi connectivity index (χ4v) is 11.8. The van der Waals surface area contributed by atoms with E-state index in [0.717, 1.165) is 46.2 Å². The van der Waals surface area contributed by atoms with Crippen molar-refractivity contribution in [2.24, 2.45) is 0 Å². The number of benzene rings is 8. The number of furan rings is 1. The first kappa shape index (κ1) is 34.3. The largest absolute Gasteiger partial charge is 0.456 e. The molecule has 0 saturated heterocycles. The first-order valence-electron chi connectivity index (χ1n) is 21.1. The van der Waals surface area contributed by atoms with E-state index in [9.17, 15) is 0 Å². The zero-order chi connectivity index (χ0) is 40.2. The van der Waals surface area contributed by atoms with Gasteiger partial charge in [0.25, 0.3) is 0 Å². The lowest BCUT2D eigenvalue weighted by Gasteiger charge is -2.27. The molecule has 0 atom stereocenters. The second kappa shape index (κ2) is 11.8. The summed E-state index contributed by atoms with van der Waals surface area (Å²) in [5, 5.41) is 11.4. The molecule has 0 spiro atoms. The Hall–Kier alpha value is -6.56. The lowest BCUT2D eigenvalue weighted by molar-refractivity contribution is 0.590. The van der Waals surface area contributed by atoms with Crippen LogP contribution < -0.4 is 16.2 Å². The molecule has 5 heteroatoms. The van der Waals surface area contributed by atoms with Crippen LogP contribution in [0.2, 0.25) is 0 Å². The molecule has 0 amide bonds. The van der Waals surface area contributed by atoms with Crippen molar-refractivity contribution in [3.8, 4) is 27.9 Å². The van der Waals surface area contributed by atoms with Gasteiger partial charge in [-0.3, -0.25) is 0 Å². The standard InChI is InChI=1S/C55H41BN2OS/c1-54(2,3)30-18-20-31(21-19-30)57-45-26-40-33-13-7-10-16-48(33)59-49(40)27-38(45)35-22-23-36-39-24-41-34-14-8-11-17-50(34)60-51(41)29-46(39)58-47-28-43-37(25-44(47)56-52(35)53(36)58)32-12-6-9-15-42(32)55(43,4)5/h6-29,56-57H,1-5H3. The minimum Gasteiger partial charge on any atom is -0.456 e. The van der Waals surface area contributed by atoms with Gasteiger partial charge in [0.1, 0.15) is 11.2 Å². The number of aromatic nitrogens is 1. The number of anilines is 2. The van der Waals surface area contributed by atoms with Crippen LogP contribution in [-0.4, -0.2) is 11.8 Å². The van der Waals surface area contributed by atoms with Crippen molar-refractivity contribution in [1.82, 2.24) is 4.57 Å². The van der Waals surface area contributed by atoms with Crippen LogP contribution in [0.5, 0.6) is 0 Å². The maximum atomic E-state index is 6.62. The Morgan fingerprint density at radius 1 is 0.583 bits per heavy atom. The molecule has 13 rings (SSSR count). The molecule has 1 aliphatic carbocycles. The van der Waals surface area contributed by atoms with Crippen molar-refractivity contribution >= 4 is 105 Å². The molecular formula is C55H41BN2OS. The van der Waals surface area contributed by atoms with E-state index in [1.165, 1.54) is 92.0 Å². The number of thiophene rings is 1. The van der Waals surface area contributed by atoms with Crippen LogP contribution in [0.25, 0.3) is 91.9 Å². The summed E-state index contributed by atoms with van der Waals surface area (Å²) in [6.07, 6.45) is 0. The Bertz CT molecular complexity index is 3670. The predicted molar refractivity (Wildman–Crippen MR) is 259 cm³/mol. The van der Waals surface area contributed by atoms with Gasteiger partial charge in [0.05, 0.1) is 5.52 Å². The van der Waals surface area contributed by atoms with Gasteiger partial charge < -0.3 is 14.3 Å². The molecule has 8 aromatic carbocycles. The highest BCUT2D eigenvalue weighted by molar-refractivity contribution is 7.25. The number of para-hydroxylation sites is 1. The summed E-state index contributed by atoms with van der Waals surface area (Å²) in [7, 11) is 0.823. The number of hydrogen-bond donors (Lipinski definition) is 1. The molecule has 4 heterocycles. The first-order chi connectivity index (χ1) is 29.1. The van der Waals surface area contributed by atoms with Gasteiger partial charge in [0.2, 0.25) is 0 Å². The van der Waals surface area contributed by atoms with Gasteiger partial charge in [-0.05, 0) is 98.9 Å². The third-order valence-corrected chi connectivity index (χ3v) is 14.9. The van der Waals surface area contributed by atoms with E-state index < -0.39 is 0 Å². The third-order valence-electron chi connectivity index (χ3n) is 13.8. The molecule has 3 aromatic heterocycles. The summed E-state index contributed by atoms with van der Waals surface area (Å²) in [5.74, 6) is 0. The Kier molecular flexibility index (Phi) is 6.75. The molecular weight excluding hydrogens is 747 g/mol. The van der Waals surface area contributed by atoms with Crippen LogP contribution in [0, 0.1) is 0 Å². The van der Waals surface area contributed by atoms with E-state index in [1.54, 1.807) is 0 Å². The molecule has 0 radical (unpaired) electrons. The van der Waals surface area contributed by atoms with Crippen LogP contribution in [-0.2, 0) is 10.8 Å². The number of hydrogen-bond acceptors (Lipinski definition) is 3. The normalized spacial score (nSPS) is 14.0. The quantitative estimate of drug-likeness (QED) is 0.181. The van der Waals surface area contributed by atoms with E-state index in [-0.39, 0.29) is 10.8 Å². The maximum Gasteiger partial charge on any atom is 0.198 e. The second-order valence-corrected chi connectivity index (χ2v) is 19.7. The Labute approximate surface area is 353 Å². The van der Waals surface area contributed by atoms with E-state index in [2.05, 4.69) is 190 Å². The van der Waals surface area contributed by atoms with Crippen molar-refractivity contribution in [3.63, 3.8) is 0 Å². The van der Waals surface area contributed by atoms with Crippen LogP contribution in [0.15, 0.2) is 150 Å². The van der Waals surface area contributed by atoms with E-state index in [1.807, 2.05) is 11.3 Å². The van der Waals surface area contributed by atoms with Crippen molar-refractivity contribution in [3.05, 3.63) is 162 Å². The van der Waals surface area contributed by atoms with Gasteiger partial charge in [-0.15, -0.1) is 11.3 Å². The summed E-state index contributed by atoms with van der Waals surface area (Å²) in [4.78, 5) is 0. The van der Waals surface area contributed by atoms with Gasteiger partial charge in [-0.25, -0.2) is 0 Å². The van der Waals surface area contributed by atoms with Crippen molar-refractivity contribution in [2.45, 2.75) is 45.4 Å². The Morgan fingerprint density at radius 2 is 1.37 bits per heavy atom. The molecule has 0 unspecified atom stereocenters. The zero-order valence-corrected chi connectivity index (χ0v) is 35.1. The summed E-state index contributed by atoms with van der Waals surface area (Å²) in [6.45, 7) is 11.6. The smallest absolute Gasteiger partial charge is 0.198 e. The molecule has 11 aromatic rings. The minimum atomic E-state index is -0.0997. The lowest BCUT2D eigenvalue weighted by atomic mass is 9.58. The monoisotopic (exact) mass is 788 g/mol. The average molecular weight is 789 g/mol. The van der Waals surface area contributed by atoms with Crippen LogP contribution in [0.3, 0.4) is 0 Å². The number of fused-ring (bicyclic) bond motifs is 14. The highest BCUT2D eigenvalue weighted by Crippen LogP contribution is 2.50. The second-order valence-electron chi connectivity index (χ2n) is 18.6. The summed E-state index contributed by atoms with van der Waals surface area (Å²) in [5.41, 5.74) is 19.7. The zero-order valence-electron chi connectivity index (χ0n) is 34.3. The van der Waals surface area contributed by atoms with E-state index in [4.69, 9.17) is 4.42 Å². The van der Waals surface area contributed by atoms with Gasteiger partial charge in [0.15, 0.2) is 7.28 Å². The van der Waals surface area contributed by atoms with Crippen molar-refractivity contribution in [1.29, 1.82) is 0 Å². The lowest BCUT2D eigenvalue weighted by Crippen LogP contribution is -2.37. The maximum absolute atomic E-state index is 6.62. The molecule has 1 N–H and O–H groups in total. The van der Waals surface area contributed by atoms with E-state index in [0.29, 0.717) is 0 Å². The molecule has 1 aliphatic heterocycles. The molecule has 3 nitrogen and oxygen atoms in total. The summed E-state index contributed by atoms with van der Waals surface area (Å²) < 4.78 is 11.9. The highest BCUT2D eigenvalue weighted by Gasteiger charge is 2.38. The molecule has 0 fully saturated rings. The molecule has 0 saturated carbocycles. The van der Waals surface area contributed by atoms with Gasteiger partial charge in [0, 0.05) is 75.3 Å². The van der Waals surface area contributed by atoms with E-state index >= 15 is 0 Å². The van der Waals surface area contributed by atoms with Gasteiger partial charge in [-0.2, -0.15) is 0 Å². The number of nitrogens with zero attached hydrogens (tertiary/aromatic N) is 1. The highest BCUT2D eigenvalue weighted by atomic mass is 32.1. The molecule has 60 heavy (non-hydrogen) atoms. The Balaban J connectivity index is 1.11. The topological polar surface area (TPSA) is 30.1 Å². The van der Waals surface area contributed by atoms with Crippen molar-refractivity contribution < 1.29 is 4.42 Å². The van der Waals surface area contributed by atoms with Gasteiger partial charge >= 0.3 is 0 Å². The number of nitrogens with one attached hydrogen (secondary N) is 1. The minimum absolute atomic E-state index is 0.0747. The fraction of sp³-hybridized carbons (Fsp3) is 0.127. The molecule has 2 aliphatic rings. The SMILES string of the molecule is CC(C)(C)c1ccc(Nc2cc3c(cc2-c2ccc4c5cc6c(cc5n5c4c2Bc2cc4c(cc2-5)C(C)(C)c2ccccc2-4)sc2ccccc26)oc2ccccc23)cc1. The van der Waals surface area contributed by atoms with Crippen LogP contribution in [0.4, 0.5) is 11.4 Å². The predicted octanol–water partition coefficient (Wildman–Crippen LogP) is 13.8. The number of rotatable bonds is 3. The summed E-state index contributed by atoms with van der Waals surface area (Å²) in [6, 6.07) is 54.6. The third kappa shape index (κ3) is 4.67. The van der Waals surface area contributed by atoms with Crippen molar-refractivity contribution in [2.75, 3.05) is 5.32 Å². The molecule has 0 bridgehead atoms. The van der Waals surface area contributed by atoms with Crippen LogP contribution in [0.1, 0.15) is 51.3 Å². The molecule has 286 valence electrons. The Morgan fingerprint density at radius 3 is 2.22 bits per heavy atom.